The molecular weight excluding hydrogens is 416 g/mol. The van der Waals surface area contributed by atoms with Crippen LogP contribution in [-0.2, 0) is 0 Å². The van der Waals surface area contributed by atoms with Crippen molar-refractivity contribution < 1.29 is 9.59 Å². The first-order chi connectivity index (χ1) is 16.1. The fourth-order valence-electron chi connectivity index (χ4n) is 5.25. The highest BCUT2D eigenvalue weighted by atomic mass is 16.2. The molecule has 174 valence electrons. The van der Waals surface area contributed by atoms with Crippen LogP contribution in [0.4, 0.5) is 0 Å². The van der Waals surface area contributed by atoms with Crippen molar-refractivity contribution >= 4 is 11.8 Å². The maximum atomic E-state index is 13.7. The Morgan fingerprint density at radius 2 is 1.70 bits per heavy atom. The van der Waals surface area contributed by atoms with Crippen molar-refractivity contribution in [2.45, 2.75) is 82.3 Å². The Labute approximate surface area is 194 Å². The minimum absolute atomic E-state index is 0.0910. The van der Waals surface area contributed by atoms with Crippen LogP contribution in [0.3, 0.4) is 0 Å². The molecule has 2 aromatic heterocycles. The lowest BCUT2D eigenvalue weighted by Crippen LogP contribution is -2.43. The second kappa shape index (κ2) is 9.49. The normalized spacial score (nSPS) is 21.6. The smallest absolute Gasteiger partial charge is 0.259 e. The van der Waals surface area contributed by atoms with E-state index in [1.807, 2.05) is 16.7 Å². The second-order valence-electron chi connectivity index (χ2n) is 9.70. The minimum Gasteiger partial charge on any atom is -0.349 e. The Hall–Kier alpha value is -2.96. The fraction of sp³-hybridized carbons (Fsp3) is 0.538. The monoisotopic (exact) mass is 448 g/mol. The Balaban J connectivity index is 1.47. The zero-order valence-electron chi connectivity index (χ0n) is 19.0. The quantitative estimate of drug-likeness (QED) is 0.749. The number of carbonyl (C=O) groups excluding carboxylic acids is 2. The van der Waals surface area contributed by atoms with Gasteiger partial charge in [0.15, 0.2) is 0 Å². The summed E-state index contributed by atoms with van der Waals surface area (Å²) in [6.45, 7) is 0.597. The number of aromatic nitrogens is 2. The predicted octanol–water partition coefficient (Wildman–Crippen LogP) is 4.01. The van der Waals surface area contributed by atoms with E-state index in [-0.39, 0.29) is 41.1 Å². The summed E-state index contributed by atoms with van der Waals surface area (Å²) >= 11 is 0. The topological polar surface area (TPSA) is 84.3 Å². The van der Waals surface area contributed by atoms with Gasteiger partial charge in [-0.25, -0.2) is 0 Å². The maximum absolute atomic E-state index is 13.7. The second-order valence-corrected chi connectivity index (χ2v) is 9.70. The first kappa shape index (κ1) is 21.9. The summed E-state index contributed by atoms with van der Waals surface area (Å²) in [5.41, 5.74) is 0.724. The molecule has 0 aromatic carbocycles. The van der Waals surface area contributed by atoms with Crippen LogP contribution in [0, 0.1) is 0 Å². The summed E-state index contributed by atoms with van der Waals surface area (Å²) in [4.78, 5) is 46.3. The predicted molar refractivity (Wildman–Crippen MR) is 125 cm³/mol. The summed E-state index contributed by atoms with van der Waals surface area (Å²) < 4.78 is 1.91. The Kier molecular flexibility index (Phi) is 6.29. The molecule has 5 rings (SSSR count). The summed E-state index contributed by atoms with van der Waals surface area (Å²) in [7, 11) is 0. The molecule has 3 heterocycles. The molecular formula is C26H32N4O3. The lowest BCUT2D eigenvalue weighted by molar-refractivity contribution is 0.0609. The van der Waals surface area contributed by atoms with E-state index in [2.05, 4.69) is 10.3 Å². The minimum atomic E-state index is -0.458. The van der Waals surface area contributed by atoms with Crippen LogP contribution in [0.1, 0.15) is 103 Å². The molecule has 0 spiro atoms. The molecule has 3 aliphatic rings. The van der Waals surface area contributed by atoms with E-state index in [9.17, 15) is 14.4 Å². The molecule has 7 heteroatoms. The Morgan fingerprint density at radius 3 is 2.42 bits per heavy atom. The van der Waals surface area contributed by atoms with Gasteiger partial charge in [-0.3, -0.25) is 19.4 Å². The van der Waals surface area contributed by atoms with Gasteiger partial charge in [0.2, 0.25) is 5.43 Å². The summed E-state index contributed by atoms with van der Waals surface area (Å²) in [5.74, 6) is -0.631. The molecule has 2 aromatic rings. The first-order valence-corrected chi connectivity index (χ1v) is 12.4. The van der Waals surface area contributed by atoms with Crippen LogP contribution in [0.25, 0.3) is 0 Å². The number of likely N-dealkylation sites (tertiary alicyclic amines) is 1. The van der Waals surface area contributed by atoms with E-state index in [1.54, 1.807) is 29.7 Å². The number of nitrogens with one attached hydrogen (secondary N) is 1. The highest BCUT2D eigenvalue weighted by Crippen LogP contribution is 2.35. The van der Waals surface area contributed by atoms with E-state index in [1.165, 1.54) is 6.42 Å². The third-order valence-electron chi connectivity index (χ3n) is 7.26. The zero-order valence-corrected chi connectivity index (χ0v) is 19.0. The first-order valence-electron chi connectivity index (χ1n) is 12.4. The number of carbonyl (C=O) groups is 2. The van der Waals surface area contributed by atoms with Gasteiger partial charge in [-0.05, 0) is 56.6 Å². The number of hydrogen-bond donors (Lipinski definition) is 1. The average Bonchev–Trinajstić information content (AvgIpc) is 3.70. The van der Waals surface area contributed by atoms with Gasteiger partial charge in [-0.2, -0.15) is 0 Å². The number of piperidine rings is 1. The van der Waals surface area contributed by atoms with Gasteiger partial charge < -0.3 is 14.8 Å². The third-order valence-corrected chi connectivity index (χ3v) is 7.26. The molecule has 7 nitrogen and oxygen atoms in total. The van der Waals surface area contributed by atoms with Gasteiger partial charge in [0.1, 0.15) is 11.1 Å². The molecule has 0 radical (unpaired) electrons. The van der Waals surface area contributed by atoms with Crippen LogP contribution < -0.4 is 10.7 Å². The standard InChI is InChI=1S/C26H32N4O3/c31-24-21(25(32)28-19-8-2-1-3-9-19)16-29(20-11-12-20)17-22(24)26(33)30-14-5-4-10-23(30)18-7-6-13-27-15-18/h6-7,13,15-17,19-20,23H,1-5,8-12,14H2,(H,28,32)/t23-/m1/s1. The maximum Gasteiger partial charge on any atom is 0.259 e. The molecule has 0 unspecified atom stereocenters. The van der Waals surface area contributed by atoms with Crippen molar-refractivity contribution in [3.8, 4) is 0 Å². The van der Waals surface area contributed by atoms with Crippen LogP contribution in [0.15, 0.2) is 41.7 Å². The number of amides is 2. The van der Waals surface area contributed by atoms with Crippen molar-refractivity contribution in [2.75, 3.05) is 6.54 Å². The van der Waals surface area contributed by atoms with E-state index in [4.69, 9.17) is 0 Å². The molecule has 0 bridgehead atoms. The number of pyridine rings is 2. The number of nitrogens with zero attached hydrogens (tertiary/aromatic N) is 3. The van der Waals surface area contributed by atoms with Crippen molar-refractivity contribution in [3.05, 3.63) is 63.8 Å². The SMILES string of the molecule is O=C(NC1CCCCC1)c1cn(C2CC2)cc(C(=O)N2CCCC[C@@H]2c2cccnc2)c1=O. The van der Waals surface area contributed by atoms with Crippen molar-refractivity contribution in [2.24, 2.45) is 0 Å². The average molecular weight is 449 g/mol. The van der Waals surface area contributed by atoms with E-state index in [0.29, 0.717) is 6.54 Å². The number of rotatable bonds is 5. The fourth-order valence-corrected chi connectivity index (χ4v) is 5.25. The van der Waals surface area contributed by atoms with Gasteiger partial charge in [0, 0.05) is 43.4 Å². The molecule has 2 saturated carbocycles. The van der Waals surface area contributed by atoms with E-state index in [0.717, 1.165) is 63.4 Å². The lowest BCUT2D eigenvalue weighted by Gasteiger charge is -2.36. The van der Waals surface area contributed by atoms with Crippen molar-refractivity contribution in [1.82, 2.24) is 19.8 Å². The van der Waals surface area contributed by atoms with Crippen LogP contribution in [0.5, 0.6) is 0 Å². The van der Waals surface area contributed by atoms with Gasteiger partial charge in [0.05, 0.1) is 6.04 Å². The van der Waals surface area contributed by atoms with Gasteiger partial charge in [-0.1, -0.05) is 25.3 Å². The molecule has 1 N–H and O–H groups in total. The van der Waals surface area contributed by atoms with Crippen LogP contribution in [-0.4, -0.2) is 38.9 Å². The molecule has 1 aliphatic heterocycles. The Morgan fingerprint density at radius 1 is 0.939 bits per heavy atom. The molecule has 1 atom stereocenters. The van der Waals surface area contributed by atoms with Crippen LogP contribution >= 0.6 is 0 Å². The lowest BCUT2D eigenvalue weighted by atomic mass is 9.95. The largest absolute Gasteiger partial charge is 0.349 e. The van der Waals surface area contributed by atoms with Gasteiger partial charge >= 0.3 is 0 Å². The molecule has 3 fully saturated rings. The van der Waals surface area contributed by atoms with Crippen molar-refractivity contribution in [1.29, 1.82) is 0 Å². The summed E-state index contributed by atoms with van der Waals surface area (Å²) in [6, 6.07) is 4.13. The van der Waals surface area contributed by atoms with E-state index >= 15 is 0 Å². The Bertz CT molecular complexity index is 1070. The highest BCUT2D eigenvalue weighted by molar-refractivity contribution is 5.99. The number of hydrogen-bond acceptors (Lipinski definition) is 4. The molecule has 2 amide bonds. The zero-order chi connectivity index (χ0) is 22.8. The van der Waals surface area contributed by atoms with Crippen molar-refractivity contribution in [3.63, 3.8) is 0 Å². The molecule has 33 heavy (non-hydrogen) atoms. The van der Waals surface area contributed by atoms with Gasteiger partial charge in [-0.15, -0.1) is 0 Å². The summed E-state index contributed by atoms with van der Waals surface area (Å²) in [5, 5.41) is 3.06. The third kappa shape index (κ3) is 4.72. The highest BCUT2D eigenvalue weighted by Gasteiger charge is 2.33. The van der Waals surface area contributed by atoms with E-state index < -0.39 is 5.43 Å². The molecule has 2 aliphatic carbocycles. The van der Waals surface area contributed by atoms with Gasteiger partial charge in [0.25, 0.3) is 11.8 Å². The molecule has 1 saturated heterocycles. The van der Waals surface area contributed by atoms with Crippen LogP contribution in [0.2, 0.25) is 0 Å². The summed E-state index contributed by atoms with van der Waals surface area (Å²) in [6.07, 6.45) is 16.9.